The number of hydrogen-bond donors (Lipinski definition) is 2. The second-order valence-corrected chi connectivity index (χ2v) is 4.28. The molecule has 6 heteroatoms. The monoisotopic (exact) mass is 270 g/mol. The van der Waals surface area contributed by atoms with E-state index in [0.29, 0.717) is 18.5 Å². The highest BCUT2D eigenvalue weighted by molar-refractivity contribution is 6.32. The Morgan fingerprint density at radius 2 is 2.28 bits per heavy atom. The minimum Gasteiger partial charge on any atom is -0.481 e. The van der Waals surface area contributed by atoms with Crippen molar-refractivity contribution in [1.29, 1.82) is 0 Å². The van der Waals surface area contributed by atoms with E-state index in [4.69, 9.17) is 16.7 Å². The van der Waals surface area contributed by atoms with E-state index in [0.717, 1.165) is 0 Å². The first-order chi connectivity index (χ1) is 8.54. The van der Waals surface area contributed by atoms with Gasteiger partial charge in [-0.15, -0.1) is 0 Å². The fraction of sp³-hybridized carbons (Fsp3) is 0.417. The number of rotatable bonds is 6. The number of aromatic nitrogens is 1. The van der Waals surface area contributed by atoms with Crippen LogP contribution in [0.3, 0.4) is 0 Å². The first-order valence-corrected chi connectivity index (χ1v) is 6.02. The third kappa shape index (κ3) is 4.33. The maximum absolute atomic E-state index is 11.8. The van der Waals surface area contributed by atoms with Crippen molar-refractivity contribution < 1.29 is 14.7 Å². The number of amides is 1. The fourth-order valence-corrected chi connectivity index (χ4v) is 1.70. The van der Waals surface area contributed by atoms with Crippen LogP contribution in [0.4, 0.5) is 0 Å². The van der Waals surface area contributed by atoms with Gasteiger partial charge in [0, 0.05) is 19.2 Å². The lowest BCUT2D eigenvalue weighted by molar-refractivity contribution is -0.138. The average Bonchev–Trinajstić information content (AvgIpc) is 2.34. The van der Waals surface area contributed by atoms with Gasteiger partial charge >= 0.3 is 5.97 Å². The van der Waals surface area contributed by atoms with E-state index in [2.05, 4.69) is 10.3 Å². The van der Waals surface area contributed by atoms with E-state index in [9.17, 15) is 9.59 Å². The number of nitrogens with zero attached hydrogens (tertiary/aromatic N) is 1. The SMILES string of the molecule is CCC(CNC(=O)c1cccnc1Cl)CC(=O)O. The zero-order valence-electron chi connectivity index (χ0n) is 10.0. The smallest absolute Gasteiger partial charge is 0.303 e. The molecular formula is C12H15ClN2O3. The van der Waals surface area contributed by atoms with E-state index < -0.39 is 5.97 Å². The third-order valence-electron chi connectivity index (χ3n) is 2.60. The molecule has 0 aliphatic rings. The van der Waals surface area contributed by atoms with E-state index in [1.54, 1.807) is 12.1 Å². The van der Waals surface area contributed by atoms with Gasteiger partial charge in [0.2, 0.25) is 0 Å². The van der Waals surface area contributed by atoms with Gasteiger partial charge in [-0.25, -0.2) is 4.98 Å². The molecule has 18 heavy (non-hydrogen) atoms. The first kappa shape index (κ1) is 14.4. The largest absolute Gasteiger partial charge is 0.481 e. The van der Waals surface area contributed by atoms with Crippen LogP contribution in [0.2, 0.25) is 5.15 Å². The average molecular weight is 271 g/mol. The van der Waals surface area contributed by atoms with Crippen LogP contribution in [-0.4, -0.2) is 28.5 Å². The number of hydrogen-bond acceptors (Lipinski definition) is 3. The van der Waals surface area contributed by atoms with Crippen LogP contribution < -0.4 is 5.32 Å². The topological polar surface area (TPSA) is 79.3 Å². The number of carboxylic acids is 1. The van der Waals surface area contributed by atoms with Gasteiger partial charge in [0.15, 0.2) is 0 Å². The van der Waals surface area contributed by atoms with Gasteiger partial charge in [-0.05, 0) is 18.1 Å². The van der Waals surface area contributed by atoms with Crippen LogP contribution >= 0.6 is 11.6 Å². The molecule has 1 amide bonds. The Bertz CT molecular complexity index is 437. The summed E-state index contributed by atoms with van der Waals surface area (Å²) in [4.78, 5) is 26.2. The van der Waals surface area contributed by atoms with Gasteiger partial charge in [0.1, 0.15) is 5.15 Å². The van der Waals surface area contributed by atoms with Crippen molar-refractivity contribution in [2.75, 3.05) is 6.54 Å². The molecule has 0 spiro atoms. The second-order valence-electron chi connectivity index (χ2n) is 3.92. The molecule has 0 saturated carbocycles. The molecule has 0 aliphatic carbocycles. The van der Waals surface area contributed by atoms with E-state index >= 15 is 0 Å². The Labute approximate surface area is 110 Å². The van der Waals surface area contributed by atoms with Crippen LogP contribution in [0.1, 0.15) is 30.1 Å². The van der Waals surface area contributed by atoms with Crippen molar-refractivity contribution in [2.45, 2.75) is 19.8 Å². The molecule has 1 heterocycles. The quantitative estimate of drug-likeness (QED) is 0.775. The summed E-state index contributed by atoms with van der Waals surface area (Å²) in [5.74, 6) is -1.28. The van der Waals surface area contributed by atoms with Crippen LogP contribution in [0.25, 0.3) is 0 Å². The minimum atomic E-state index is -0.865. The highest BCUT2D eigenvalue weighted by Gasteiger charge is 2.15. The van der Waals surface area contributed by atoms with E-state index in [1.807, 2.05) is 6.92 Å². The molecule has 0 aromatic carbocycles. The van der Waals surface area contributed by atoms with Gasteiger partial charge < -0.3 is 10.4 Å². The molecule has 0 aliphatic heterocycles. The molecule has 1 aromatic heterocycles. The summed E-state index contributed by atoms with van der Waals surface area (Å²) in [6, 6.07) is 3.19. The number of halogens is 1. The molecule has 1 aromatic rings. The van der Waals surface area contributed by atoms with Crippen molar-refractivity contribution in [3.63, 3.8) is 0 Å². The van der Waals surface area contributed by atoms with Gasteiger partial charge in [-0.3, -0.25) is 9.59 Å². The molecule has 1 rings (SSSR count). The molecule has 0 bridgehead atoms. The van der Waals surface area contributed by atoms with E-state index in [1.165, 1.54) is 6.20 Å². The highest BCUT2D eigenvalue weighted by atomic mass is 35.5. The lowest BCUT2D eigenvalue weighted by Crippen LogP contribution is -2.30. The second kappa shape index (κ2) is 6.96. The molecule has 0 saturated heterocycles. The molecular weight excluding hydrogens is 256 g/mol. The van der Waals surface area contributed by atoms with Gasteiger partial charge in [0.05, 0.1) is 5.56 Å². The Hall–Kier alpha value is -1.62. The van der Waals surface area contributed by atoms with E-state index in [-0.39, 0.29) is 23.4 Å². The van der Waals surface area contributed by atoms with Crippen molar-refractivity contribution >= 4 is 23.5 Å². The number of carbonyl (C=O) groups excluding carboxylic acids is 1. The summed E-state index contributed by atoms with van der Waals surface area (Å²) >= 11 is 5.79. The molecule has 2 N–H and O–H groups in total. The minimum absolute atomic E-state index is 0.0392. The zero-order chi connectivity index (χ0) is 13.5. The Morgan fingerprint density at radius 1 is 1.56 bits per heavy atom. The van der Waals surface area contributed by atoms with Crippen LogP contribution in [0, 0.1) is 5.92 Å². The van der Waals surface area contributed by atoms with Crippen LogP contribution in [0.5, 0.6) is 0 Å². The number of nitrogens with one attached hydrogen (secondary N) is 1. The van der Waals surface area contributed by atoms with Crippen molar-refractivity contribution in [3.05, 3.63) is 29.0 Å². The number of pyridine rings is 1. The Balaban J connectivity index is 2.55. The van der Waals surface area contributed by atoms with Crippen LogP contribution in [0.15, 0.2) is 18.3 Å². The van der Waals surface area contributed by atoms with Gasteiger partial charge in [0.25, 0.3) is 5.91 Å². The summed E-state index contributed by atoms with van der Waals surface area (Å²) in [6.07, 6.45) is 2.23. The molecule has 0 radical (unpaired) electrons. The summed E-state index contributed by atoms with van der Waals surface area (Å²) in [6.45, 7) is 2.20. The molecule has 0 fully saturated rings. The van der Waals surface area contributed by atoms with Crippen molar-refractivity contribution in [2.24, 2.45) is 5.92 Å². The Kier molecular flexibility index (Phi) is 5.58. The third-order valence-corrected chi connectivity index (χ3v) is 2.90. The summed E-state index contributed by atoms with van der Waals surface area (Å²) in [7, 11) is 0. The standard InChI is InChI=1S/C12H15ClN2O3/c1-2-8(6-10(16)17)7-15-12(18)9-4-3-5-14-11(9)13/h3-5,8H,2,6-7H2,1H3,(H,15,18)(H,16,17). The molecule has 1 atom stereocenters. The maximum atomic E-state index is 11.8. The lowest BCUT2D eigenvalue weighted by atomic mass is 10.0. The van der Waals surface area contributed by atoms with Crippen molar-refractivity contribution in [1.82, 2.24) is 10.3 Å². The first-order valence-electron chi connectivity index (χ1n) is 5.65. The highest BCUT2D eigenvalue weighted by Crippen LogP contribution is 2.12. The van der Waals surface area contributed by atoms with Crippen molar-refractivity contribution in [3.8, 4) is 0 Å². The molecule has 5 nitrogen and oxygen atoms in total. The normalized spacial score (nSPS) is 11.9. The van der Waals surface area contributed by atoms with Gasteiger partial charge in [-0.2, -0.15) is 0 Å². The lowest BCUT2D eigenvalue weighted by Gasteiger charge is -2.13. The predicted octanol–water partition coefficient (Wildman–Crippen LogP) is 1.97. The predicted molar refractivity (Wildman–Crippen MR) is 67.6 cm³/mol. The summed E-state index contributed by atoms with van der Waals surface area (Å²) < 4.78 is 0. The fourth-order valence-electron chi connectivity index (χ4n) is 1.50. The van der Waals surface area contributed by atoms with Crippen LogP contribution in [-0.2, 0) is 4.79 Å². The molecule has 1 unspecified atom stereocenters. The van der Waals surface area contributed by atoms with Gasteiger partial charge in [-0.1, -0.05) is 24.9 Å². The zero-order valence-corrected chi connectivity index (χ0v) is 10.8. The Morgan fingerprint density at radius 3 is 2.83 bits per heavy atom. The number of carboxylic acid groups (broad SMARTS) is 1. The summed E-state index contributed by atoms with van der Waals surface area (Å²) in [5, 5.41) is 11.5. The molecule has 98 valence electrons. The number of aliphatic carboxylic acids is 1. The summed E-state index contributed by atoms with van der Waals surface area (Å²) in [5.41, 5.74) is 0.296. The number of carbonyl (C=O) groups is 2. The maximum Gasteiger partial charge on any atom is 0.303 e.